The Bertz CT molecular complexity index is 518. The third-order valence-electron chi connectivity index (χ3n) is 2.11. The zero-order valence-electron chi connectivity index (χ0n) is 9.08. The third-order valence-corrected chi connectivity index (χ3v) is 3.29. The highest BCUT2D eigenvalue weighted by atomic mass is 35.5. The summed E-state index contributed by atoms with van der Waals surface area (Å²) in [5.74, 6) is -1.00. The summed E-state index contributed by atoms with van der Waals surface area (Å²) in [6.07, 6.45) is 0. The van der Waals surface area contributed by atoms with Gasteiger partial charge in [0, 0.05) is 5.02 Å². The Morgan fingerprint density at radius 2 is 1.81 bits per heavy atom. The Labute approximate surface area is 99.0 Å². The predicted molar refractivity (Wildman–Crippen MR) is 59.9 cm³/mol. The first-order chi connectivity index (χ1) is 7.03. The molecule has 90 valence electrons. The maximum Gasteiger partial charge on any atom is 0.297 e. The molecule has 0 radical (unpaired) electrons. The Morgan fingerprint density at radius 1 is 1.31 bits per heavy atom. The van der Waals surface area contributed by atoms with Crippen LogP contribution in [0.4, 0.5) is 4.39 Å². The van der Waals surface area contributed by atoms with Crippen LogP contribution in [0.5, 0.6) is 0 Å². The number of hydrogen-bond acceptors (Lipinski definition) is 2. The molecule has 0 spiro atoms. The SMILES string of the molecule is CC(C)(C)c1cc(F)c(S(=O)(=O)O)cc1Cl. The molecule has 0 aliphatic heterocycles. The van der Waals surface area contributed by atoms with Crippen molar-refractivity contribution in [3.63, 3.8) is 0 Å². The summed E-state index contributed by atoms with van der Waals surface area (Å²) in [7, 11) is -4.58. The second-order valence-corrected chi connectivity index (χ2v) is 6.28. The van der Waals surface area contributed by atoms with Gasteiger partial charge in [0.05, 0.1) is 0 Å². The molecular formula is C10H12ClFO3S. The van der Waals surface area contributed by atoms with E-state index in [0.29, 0.717) is 5.56 Å². The molecule has 0 atom stereocenters. The van der Waals surface area contributed by atoms with E-state index in [9.17, 15) is 12.8 Å². The van der Waals surface area contributed by atoms with Gasteiger partial charge in [0.1, 0.15) is 10.7 Å². The minimum absolute atomic E-state index is 0.113. The van der Waals surface area contributed by atoms with Crippen LogP contribution in [0.25, 0.3) is 0 Å². The summed E-state index contributed by atoms with van der Waals surface area (Å²) < 4.78 is 43.9. The second-order valence-electron chi connectivity index (χ2n) is 4.49. The zero-order valence-corrected chi connectivity index (χ0v) is 10.7. The number of halogens is 2. The number of hydrogen-bond donors (Lipinski definition) is 1. The van der Waals surface area contributed by atoms with Gasteiger partial charge in [0.2, 0.25) is 0 Å². The summed E-state index contributed by atoms with van der Waals surface area (Å²) in [4.78, 5) is -0.800. The van der Waals surface area contributed by atoms with Crippen molar-refractivity contribution in [2.24, 2.45) is 0 Å². The maximum absolute atomic E-state index is 13.5. The molecule has 6 heteroatoms. The van der Waals surface area contributed by atoms with Gasteiger partial charge in [0.15, 0.2) is 0 Å². The van der Waals surface area contributed by atoms with E-state index in [4.69, 9.17) is 16.2 Å². The second kappa shape index (κ2) is 3.98. The van der Waals surface area contributed by atoms with Gasteiger partial charge >= 0.3 is 0 Å². The van der Waals surface area contributed by atoms with Crippen LogP contribution in [0, 0.1) is 5.82 Å². The predicted octanol–water partition coefficient (Wildman–Crippen LogP) is 3.02. The summed E-state index contributed by atoms with van der Waals surface area (Å²) >= 11 is 5.85. The summed E-state index contributed by atoms with van der Waals surface area (Å²) in [6.45, 7) is 5.46. The fourth-order valence-corrected chi connectivity index (χ4v) is 2.38. The van der Waals surface area contributed by atoms with Gasteiger partial charge in [-0.05, 0) is 23.1 Å². The molecule has 0 aliphatic carbocycles. The van der Waals surface area contributed by atoms with E-state index in [1.54, 1.807) is 0 Å². The van der Waals surface area contributed by atoms with E-state index >= 15 is 0 Å². The molecule has 0 unspecified atom stereocenters. The molecule has 0 aromatic heterocycles. The standard InChI is InChI=1S/C10H12ClFO3S/c1-10(2,3)6-4-8(12)9(5-7(6)11)16(13,14)15/h4-5H,1-3H3,(H,13,14,15). The highest BCUT2D eigenvalue weighted by molar-refractivity contribution is 7.85. The maximum atomic E-state index is 13.5. The first kappa shape index (κ1) is 13.4. The van der Waals surface area contributed by atoms with Gasteiger partial charge in [-0.1, -0.05) is 32.4 Å². The Morgan fingerprint density at radius 3 is 2.19 bits per heavy atom. The molecule has 0 aliphatic rings. The highest BCUT2D eigenvalue weighted by Crippen LogP contribution is 2.32. The molecule has 16 heavy (non-hydrogen) atoms. The molecule has 1 aromatic carbocycles. The lowest BCUT2D eigenvalue weighted by Gasteiger charge is -2.21. The van der Waals surface area contributed by atoms with Crippen LogP contribution in [0.15, 0.2) is 17.0 Å². The van der Waals surface area contributed by atoms with Crippen LogP contribution in [0.1, 0.15) is 26.3 Å². The van der Waals surface area contributed by atoms with E-state index in [1.807, 2.05) is 20.8 Å². The highest BCUT2D eigenvalue weighted by Gasteiger charge is 2.23. The molecule has 0 heterocycles. The van der Waals surface area contributed by atoms with Gasteiger partial charge in [-0.25, -0.2) is 4.39 Å². The van der Waals surface area contributed by atoms with E-state index in [1.165, 1.54) is 0 Å². The lowest BCUT2D eigenvalue weighted by Crippen LogP contribution is -2.13. The van der Waals surface area contributed by atoms with Crippen LogP contribution in [0.3, 0.4) is 0 Å². The minimum Gasteiger partial charge on any atom is -0.282 e. The molecule has 1 N–H and O–H groups in total. The Kier molecular flexibility index (Phi) is 3.34. The van der Waals surface area contributed by atoms with Gasteiger partial charge in [-0.3, -0.25) is 4.55 Å². The van der Waals surface area contributed by atoms with Crippen LogP contribution < -0.4 is 0 Å². The molecule has 1 rings (SSSR count). The largest absolute Gasteiger partial charge is 0.297 e. The van der Waals surface area contributed by atoms with Crippen molar-refractivity contribution in [2.45, 2.75) is 31.1 Å². The van der Waals surface area contributed by atoms with Crippen molar-refractivity contribution in [2.75, 3.05) is 0 Å². The van der Waals surface area contributed by atoms with Crippen LogP contribution in [-0.4, -0.2) is 13.0 Å². The topological polar surface area (TPSA) is 54.4 Å². The molecule has 0 fully saturated rings. The normalized spacial score (nSPS) is 12.9. The van der Waals surface area contributed by atoms with Crippen LogP contribution >= 0.6 is 11.6 Å². The van der Waals surface area contributed by atoms with Crippen molar-refractivity contribution in [1.29, 1.82) is 0 Å². The van der Waals surface area contributed by atoms with Gasteiger partial charge in [-0.2, -0.15) is 8.42 Å². The van der Waals surface area contributed by atoms with Gasteiger partial charge in [-0.15, -0.1) is 0 Å². The van der Waals surface area contributed by atoms with Crippen molar-refractivity contribution in [3.8, 4) is 0 Å². The average Bonchev–Trinajstić information content (AvgIpc) is 2.04. The van der Waals surface area contributed by atoms with Crippen molar-refractivity contribution >= 4 is 21.7 Å². The average molecular weight is 267 g/mol. The lowest BCUT2D eigenvalue weighted by molar-refractivity contribution is 0.472. The van der Waals surface area contributed by atoms with E-state index in [0.717, 1.165) is 12.1 Å². The van der Waals surface area contributed by atoms with Crippen LogP contribution in [-0.2, 0) is 15.5 Å². The monoisotopic (exact) mass is 266 g/mol. The Hall–Kier alpha value is -0.650. The van der Waals surface area contributed by atoms with E-state index < -0.39 is 26.2 Å². The van der Waals surface area contributed by atoms with Crippen molar-refractivity contribution in [3.05, 3.63) is 28.5 Å². The molecule has 0 saturated carbocycles. The van der Waals surface area contributed by atoms with E-state index in [-0.39, 0.29) is 5.02 Å². The smallest absolute Gasteiger partial charge is 0.282 e. The molecular weight excluding hydrogens is 255 g/mol. The molecule has 3 nitrogen and oxygen atoms in total. The van der Waals surface area contributed by atoms with Gasteiger partial charge < -0.3 is 0 Å². The van der Waals surface area contributed by atoms with Crippen molar-refractivity contribution < 1.29 is 17.4 Å². The third kappa shape index (κ3) is 2.72. The molecule has 0 amide bonds. The van der Waals surface area contributed by atoms with Crippen LogP contribution in [0.2, 0.25) is 5.02 Å². The summed E-state index contributed by atoms with van der Waals surface area (Å²) in [5, 5.41) is 0.113. The number of rotatable bonds is 1. The Balaban J connectivity index is 3.52. The first-order valence-corrected chi connectivity index (χ1v) is 6.32. The zero-order chi connectivity index (χ0) is 12.7. The summed E-state index contributed by atoms with van der Waals surface area (Å²) in [6, 6.07) is 1.96. The molecule has 0 saturated heterocycles. The fourth-order valence-electron chi connectivity index (χ4n) is 1.30. The molecule has 0 bridgehead atoms. The summed E-state index contributed by atoms with van der Waals surface area (Å²) in [5.41, 5.74) is 0.0782. The number of benzene rings is 1. The van der Waals surface area contributed by atoms with E-state index in [2.05, 4.69) is 0 Å². The quantitative estimate of drug-likeness (QED) is 0.795. The van der Waals surface area contributed by atoms with Gasteiger partial charge in [0.25, 0.3) is 10.1 Å². The molecule has 1 aromatic rings. The fraction of sp³-hybridized carbons (Fsp3) is 0.400. The first-order valence-electron chi connectivity index (χ1n) is 4.50. The van der Waals surface area contributed by atoms with Crippen molar-refractivity contribution in [1.82, 2.24) is 0 Å². The minimum atomic E-state index is -4.58. The lowest BCUT2D eigenvalue weighted by atomic mass is 9.87.